The van der Waals surface area contributed by atoms with Crippen molar-refractivity contribution in [3.05, 3.63) is 34.6 Å². The highest BCUT2D eigenvalue weighted by Gasteiger charge is 2.17. The van der Waals surface area contributed by atoms with Crippen molar-refractivity contribution < 1.29 is 19.1 Å². The lowest BCUT2D eigenvalue weighted by Crippen LogP contribution is -2.26. The molecule has 1 aromatic rings. The number of hydrogen-bond acceptors (Lipinski definition) is 4. The van der Waals surface area contributed by atoms with Crippen molar-refractivity contribution in [2.24, 2.45) is 0 Å². The molecule has 0 saturated heterocycles. The number of carbonyl (C=O) groups is 2. The van der Waals surface area contributed by atoms with E-state index < -0.39 is 5.97 Å². The van der Waals surface area contributed by atoms with E-state index in [2.05, 4.69) is 5.32 Å². The number of halogens is 1. The van der Waals surface area contributed by atoms with Crippen LogP contribution in [0, 0.1) is 5.82 Å². The molecule has 1 aliphatic rings. The summed E-state index contributed by atoms with van der Waals surface area (Å²) >= 11 is 0. The summed E-state index contributed by atoms with van der Waals surface area (Å²) in [6, 6.07) is 3.35. The predicted octanol–water partition coefficient (Wildman–Crippen LogP) is 3.61. The Labute approximate surface area is 155 Å². The van der Waals surface area contributed by atoms with E-state index in [1.165, 1.54) is 16.9 Å². The van der Waals surface area contributed by atoms with Crippen molar-refractivity contribution in [1.29, 1.82) is 0 Å². The molecule has 138 valence electrons. The Kier molecular flexibility index (Phi) is 8.61. The van der Waals surface area contributed by atoms with E-state index in [1.54, 1.807) is 10.8 Å². The van der Waals surface area contributed by atoms with E-state index in [0.717, 1.165) is 48.1 Å². The zero-order valence-electron chi connectivity index (χ0n) is 14.2. The summed E-state index contributed by atoms with van der Waals surface area (Å²) in [4.78, 5) is 22.3. The maximum Gasteiger partial charge on any atom is 0.304 e. The van der Waals surface area contributed by atoms with E-state index in [9.17, 15) is 14.0 Å². The number of nitrogens with one attached hydrogen (secondary N) is 1. The van der Waals surface area contributed by atoms with Crippen LogP contribution in [0.5, 0.6) is 0 Å². The standard InChI is InChI=1S/C18H24FNO3S2/c19-16-7-5-13(14-3-1-2-4-15(14)16)6-8-17(21)20-10-12-25-24-11-9-18(22)23/h5,7H,1-4,6,8-12H2,(H,20,21)(H,22,23). The van der Waals surface area contributed by atoms with Gasteiger partial charge in [-0.15, -0.1) is 0 Å². The number of benzene rings is 1. The second-order valence-electron chi connectivity index (χ2n) is 6.01. The molecule has 0 fully saturated rings. The number of hydrogen-bond donors (Lipinski definition) is 2. The summed E-state index contributed by atoms with van der Waals surface area (Å²) in [5.74, 6) is 0.431. The number of rotatable bonds is 10. The lowest BCUT2D eigenvalue weighted by atomic mass is 9.86. The van der Waals surface area contributed by atoms with Crippen LogP contribution in [0.15, 0.2) is 12.1 Å². The van der Waals surface area contributed by atoms with Crippen molar-refractivity contribution in [3.8, 4) is 0 Å². The first-order valence-electron chi connectivity index (χ1n) is 8.60. The van der Waals surface area contributed by atoms with Crippen LogP contribution in [0.25, 0.3) is 0 Å². The number of fused-ring (bicyclic) bond motifs is 1. The zero-order chi connectivity index (χ0) is 18.1. The van der Waals surface area contributed by atoms with E-state index in [-0.39, 0.29) is 18.1 Å². The van der Waals surface area contributed by atoms with Gasteiger partial charge in [-0.3, -0.25) is 9.59 Å². The van der Waals surface area contributed by atoms with Crippen LogP contribution in [0.4, 0.5) is 4.39 Å². The quantitative estimate of drug-likeness (QED) is 0.476. The number of aliphatic carboxylic acids is 1. The van der Waals surface area contributed by atoms with Gasteiger partial charge in [-0.1, -0.05) is 27.7 Å². The normalized spacial score (nSPS) is 13.3. The minimum Gasteiger partial charge on any atom is -0.481 e. The van der Waals surface area contributed by atoms with Crippen molar-refractivity contribution in [2.75, 3.05) is 18.1 Å². The predicted molar refractivity (Wildman–Crippen MR) is 102 cm³/mol. The number of amides is 1. The SMILES string of the molecule is O=C(O)CCSSCCNC(=O)CCc1ccc(F)c2c1CCCC2. The van der Waals surface area contributed by atoms with Gasteiger partial charge in [-0.2, -0.15) is 0 Å². The smallest absolute Gasteiger partial charge is 0.304 e. The summed E-state index contributed by atoms with van der Waals surface area (Å²) in [7, 11) is 3.08. The van der Waals surface area contributed by atoms with Gasteiger partial charge in [0, 0.05) is 24.5 Å². The molecule has 1 amide bonds. The van der Waals surface area contributed by atoms with Crippen LogP contribution in [0.3, 0.4) is 0 Å². The second kappa shape index (κ2) is 10.7. The Hall–Kier alpha value is -1.21. The summed E-state index contributed by atoms with van der Waals surface area (Å²) in [6.07, 6.45) is 5.06. The molecule has 0 radical (unpaired) electrons. The highest BCUT2D eigenvalue weighted by Crippen LogP contribution is 2.27. The molecule has 1 aliphatic carbocycles. The molecule has 1 aromatic carbocycles. The van der Waals surface area contributed by atoms with E-state index >= 15 is 0 Å². The maximum atomic E-state index is 13.9. The second-order valence-corrected chi connectivity index (χ2v) is 8.71. The highest BCUT2D eigenvalue weighted by atomic mass is 33.1. The van der Waals surface area contributed by atoms with Gasteiger partial charge in [0.05, 0.1) is 6.42 Å². The fourth-order valence-electron chi connectivity index (χ4n) is 2.95. The molecule has 0 spiro atoms. The van der Waals surface area contributed by atoms with Crippen LogP contribution in [-0.4, -0.2) is 35.0 Å². The van der Waals surface area contributed by atoms with Gasteiger partial charge < -0.3 is 10.4 Å². The minimum absolute atomic E-state index is 0.00465. The van der Waals surface area contributed by atoms with Gasteiger partial charge in [0.1, 0.15) is 5.82 Å². The Morgan fingerprint density at radius 3 is 2.56 bits per heavy atom. The van der Waals surface area contributed by atoms with Crippen LogP contribution >= 0.6 is 21.6 Å². The Morgan fingerprint density at radius 2 is 1.80 bits per heavy atom. The molecule has 2 rings (SSSR count). The summed E-state index contributed by atoms with van der Waals surface area (Å²) in [6.45, 7) is 0.575. The number of aryl methyl sites for hydroxylation is 1. The highest BCUT2D eigenvalue weighted by molar-refractivity contribution is 8.76. The first kappa shape index (κ1) is 20.1. The third-order valence-electron chi connectivity index (χ3n) is 4.19. The molecule has 0 aliphatic heterocycles. The average molecular weight is 386 g/mol. The molecule has 0 unspecified atom stereocenters. The largest absolute Gasteiger partial charge is 0.481 e. The first-order valence-corrected chi connectivity index (χ1v) is 11.1. The Morgan fingerprint density at radius 1 is 1.08 bits per heavy atom. The molecule has 0 aromatic heterocycles. The van der Waals surface area contributed by atoms with Crippen LogP contribution < -0.4 is 5.32 Å². The molecule has 0 atom stereocenters. The molecule has 7 heteroatoms. The van der Waals surface area contributed by atoms with Crippen molar-refractivity contribution in [3.63, 3.8) is 0 Å². The summed E-state index contributed by atoms with van der Waals surface area (Å²) in [5, 5.41) is 11.4. The number of carboxylic acids is 1. The van der Waals surface area contributed by atoms with Crippen LogP contribution in [0.2, 0.25) is 0 Å². The monoisotopic (exact) mass is 385 g/mol. The van der Waals surface area contributed by atoms with Crippen molar-refractivity contribution in [2.45, 2.75) is 44.9 Å². The third-order valence-corrected chi connectivity index (χ3v) is 6.59. The van der Waals surface area contributed by atoms with Crippen molar-refractivity contribution in [1.82, 2.24) is 5.32 Å². The molecule has 2 N–H and O–H groups in total. The third kappa shape index (κ3) is 6.90. The van der Waals surface area contributed by atoms with E-state index in [0.29, 0.717) is 25.1 Å². The van der Waals surface area contributed by atoms with Gasteiger partial charge >= 0.3 is 5.97 Å². The van der Waals surface area contributed by atoms with Gasteiger partial charge in [0.15, 0.2) is 0 Å². The first-order chi connectivity index (χ1) is 12.1. The summed E-state index contributed by atoms with van der Waals surface area (Å²) in [5.41, 5.74) is 3.06. The Balaban J connectivity index is 1.66. The number of carboxylic acid groups (broad SMARTS) is 1. The van der Waals surface area contributed by atoms with Crippen LogP contribution in [0.1, 0.15) is 42.4 Å². The zero-order valence-corrected chi connectivity index (χ0v) is 15.8. The van der Waals surface area contributed by atoms with Gasteiger partial charge in [0.25, 0.3) is 0 Å². The number of carbonyl (C=O) groups excluding carboxylic acids is 1. The Bertz CT molecular complexity index is 610. The van der Waals surface area contributed by atoms with Crippen molar-refractivity contribution >= 4 is 33.5 Å². The van der Waals surface area contributed by atoms with Gasteiger partial charge in [-0.25, -0.2) is 4.39 Å². The minimum atomic E-state index is -0.788. The average Bonchev–Trinajstić information content (AvgIpc) is 2.60. The lowest BCUT2D eigenvalue weighted by Gasteiger charge is -2.20. The summed E-state index contributed by atoms with van der Waals surface area (Å²) < 4.78 is 13.9. The fourth-order valence-corrected chi connectivity index (χ4v) is 4.83. The molecule has 25 heavy (non-hydrogen) atoms. The molecule has 4 nitrogen and oxygen atoms in total. The molecule has 0 saturated carbocycles. The van der Waals surface area contributed by atoms with E-state index in [4.69, 9.17) is 5.11 Å². The van der Waals surface area contributed by atoms with Crippen LogP contribution in [-0.2, 0) is 28.9 Å². The molecular weight excluding hydrogens is 361 g/mol. The fraction of sp³-hybridized carbons (Fsp3) is 0.556. The lowest BCUT2D eigenvalue weighted by molar-refractivity contribution is -0.136. The topological polar surface area (TPSA) is 66.4 Å². The molecule has 0 heterocycles. The molecular formula is C18H24FNO3S2. The van der Waals surface area contributed by atoms with E-state index in [1.807, 2.05) is 6.07 Å². The van der Waals surface area contributed by atoms with Gasteiger partial charge in [0.2, 0.25) is 5.91 Å². The maximum absolute atomic E-state index is 13.9. The molecule has 0 bridgehead atoms. The van der Waals surface area contributed by atoms with Gasteiger partial charge in [-0.05, 0) is 54.9 Å².